The highest BCUT2D eigenvalue weighted by molar-refractivity contribution is 5.94. The fourth-order valence-corrected chi connectivity index (χ4v) is 6.88. The van der Waals surface area contributed by atoms with Gasteiger partial charge in [0.2, 0.25) is 17.7 Å². The van der Waals surface area contributed by atoms with E-state index in [4.69, 9.17) is 5.73 Å². The van der Waals surface area contributed by atoms with Crippen molar-refractivity contribution in [2.75, 3.05) is 13.1 Å². The van der Waals surface area contributed by atoms with Crippen LogP contribution in [0.15, 0.2) is 91.0 Å². The van der Waals surface area contributed by atoms with Crippen LogP contribution in [0.25, 0.3) is 0 Å². The highest BCUT2D eigenvalue weighted by Crippen LogP contribution is 2.35. The summed E-state index contributed by atoms with van der Waals surface area (Å²) in [4.78, 5) is 45.9. The van der Waals surface area contributed by atoms with Crippen LogP contribution in [0.3, 0.4) is 0 Å². The Morgan fingerprint density at radius 1 is 0.870 bits per heavy atom. The second kappa shape index (κ2) is 16.7. The predicted molar refractivity (Wildman–Crippen MR) is 184 cm³/mol. The van der Waals surface area contributed by atoms with Crippen LogP contribution < -0.4 is 16.4 Å². The topological polar surface area (TPSA) is 108 Å². The molecule has 2 fully saturated rings. The summed E-state index contributed by atoms with van der Waals surface area (Å²) in [5.41, 5.74) is 9.29. The van der Waals surface area contributed by atoms with E-state index in [1.807, 2.05) is 85.8 Å². The minimum atomic E-state index is -0.752. The first-order valence-corrected chi connectivity index (χ1v) is 16.4. The molecule has 0 saturated carbocycles. The Hall–Kier alpha value is -3.72. The van der Waals surface area contributed by atoms with Gasteiger partial charge in [0.05, 0.1) is 12.1 Å². The van der Waals surface area contributed by atoms with Gasteiger partial charge in [0.1, 0.15) is 12.1 Å². The lowest BCUT2D eigenvalue weighted by Gasteiger charge is -2.34. The molecule has 3 amide bonds. The van der Waals surface area contributed by atoms with Crippen molar-refractivity contribution in [3.05, 3.63) is 108 Å². The molecule has 246 valence electrons. The maximum absolute atomic E-state index is 14.5. The van der Waals surface area contributed by atoms with Crippen molar-refractivity contribution >= 4 is 30.1 Å². The molecule has 5 rings (SSSR count). The lowest BCUT2D eigenvalue weighted by Crippen LogP contribution is -2.59. The van der Waals surface area contributed by atoms with Crippen molar-refractivity contribution in [2.45, 2.75) is 82.7 Å². The highest BCUT2D eigenvalue weighted by Gasteiger charge is 2.48. The first-order valence-electron chi connectivity index (χ1n) is 16.4. The summed E-state index contributed by atoms with van der Waals surface area (Å²) >= 11 is 0. The molecule has 0 aliphatic carbocycles. The van der Waals surface area contributed by atoms with E-state index in [1.54, 1.807) is 4.90 Å². The Morgan fingerprint density at radius 2 is 1.43 bits per heavy atom. The second-order valence-electron chi connectivity index (χ2n) is 12.4. The molecular formula is C37H48ClN5O3. The summed E-state index contributed by atoms with van der Waals surface area (Å²) in [7, 11) is 0. The van der Waals surface area contributed by atoms with Crippen molar-refractivity contribution in [1.29, 1.82) is 0 Å². The largest absolute Gasteiger partial charge is 0.343 e. The van der Waals surface area contributed by atoms with E-state index in [2.05, 4.69) is 34.6 Å². The van der Waals surface area contributed by atoms with Gasteiger partial charge in [0, 0.05) is 25.0 Å². The number of rotatable bonds is 12. The number of carbonyl (C=O) groups excluding carboxylic acids is 3. The monoisotopic (exact) mass is 645 g/mol. The molecule has 0 radical (unpaired) electrons. The van der Waals surface area contributed by atoms with Gasteiger partial charge >= 0.3 is 0 Å². The number of nitrogens with one attached hydrogen (secondary N) is 2. The predicted octanol–water partition coefficient (Wildman–Crippen LogP) is 4.83. The Kier molecular flexibility index (Phi) is 12.8. The maximum Gasteiger partial charge on any atom is 0.246 e. The molecule has 2 saturated heterocycles. The Labute approximate surface area is 279 Å². The van der Waals surface area contributed by atoms with E-state index in [0.717, 1.165) is 43.5 Å². The van der Waals surface area contributed by atoms with Crippen LogP contribution in [0.5, 0.6) is 0 Å². The zero-order chi connectivity index (χ0) is 31.8. The zero-order valence-electron chi connectivity index (χ0n) is 26.9. The number of hydrogen-bond donors (Lipinski definition) is 3. The van der Waals surface area contributed by atoms with E-state index in [-0.39, 0.29) is 48.1 Å². The van der Waals surface area contributed by atoms with Crippen LogP contribution in [0, 0.1) is 5.92 Å². The average Bonchev–Trinajstić information content (AvgIpc) is 3.47. The van der Waals surface area contributed by atoms with Gasteiger partial charge in [0.25, 0.3) is 0 Å². The summed E-state index contributed by atoms with van der Waals surface area (Å²) < 4.78 is 0. The van der Waals surface area contributed by atoms with Gasteiger partial charge in [-0.05, 0) is 55.3 Å². The van der Waals surface area contributed by atoms with Crippen LogP contribution in [0.4, 0.5) is 0 Å². The van der Waals surface area contributed by atoms with Crippen molar-refractivity contribution in [3.8, 4) is 0 Å². The summed E-state index contributed by atoms with van der Waals surface area (Å²) in [5, 5.41) is 6.33. The van der Waals surface area contributed by atoms with Gasteiger partial charge in [-0.1, -0.05) is 105 Å². The van der Waals surface area contributed by atoms with Gasteiger partial charge in [-0.25, -0.2) is 0 Å². The lowest BCUT2D eigenvalue weighted by atomic mass is 9.92. The third-order valence-corrected chi connectivity index (χ3v) is 9.48. The molecule has 0 bridgehead atoms. The molecule has 9 heteroatoms. The highest BCUT2D eigenvalue weighted by atomic mass is 35.5. The Bertz CT molecular complexity index is 1370. The fourth-order valence-electron chi connectivity index (χ4n) is 6.88. The van der Waals surface area contributed by atoms with Crippen molar-refractivity contribution in [1.82, 2.24) is 20.4 Å². The summed E-state index contributed by atoms with van der Waals surface area (Å²) in [6.45, 7) is 6.21. The quantitative estimate of drug-likeness (QED) is 0.262. The molecular weight excluding hydrogens is 598 g/mol. The van der Waals surface area contributed by atoms with Gasteiger partial charge < -0.3 is 21.3 Å². The number of hydrogen-bond acceptors (Lipinski definition) is 5. The number of nitrogens with two attached hydrogens (primary N) is 1. The normalized spacial score (nSPS) is 21.7. The molecule has 5 atom stereocenters. The smallest absolute Gasteiger partial charge is 0.246 e. The SMILES string of the molecule is CC[C@H](N)C(=O)N[C@@H]1C(=O)N2[C@@H](CC[C@@H]1CN(CC)Cc1ccccc1)CC[C@H]2C(=O)NC(c1ccccc1)c1ccccc1.Cl. The summed E-state index contributed by atoms with van der Waals surface area (Å²) in [5.74, 6) is -0.774. The number of carbonyl (C=O) groups is 3. The standard InChI is InChI=1S/C37H47N5O3.ClH/c1-3-31(38)35(43)40-34-29(25-41(4-2)24-26-14-8-5-9-15-26)20-21-30-22-23-32(42(30)37(34)45)36(44)39-33(27-16-10-6-11-17-27)28-18-12-7-13-19-28;/h5-19,29-34H,3-4,20-25,38H2,1-2H3,(H,39,44)(H,40,43);1H/t29-,30+,31+,32+,34+;/m1./s1. The first-order chi connectivity index (χ1) is 21.9. The van der Waals surface area contributed by atoms with Gasteiger partial charge in [-0.3, -0.25) is 19.3 Å². The van der Waals surface area contributed by atoms with E-state index >= 15 is 0 Å². The number of amides is 3. The fraction of sp³-hybridized carbons (Fsp3) is 0.432. The second-order valence-corrected chi connectivity index (χ2v) is 12.4. The third kappa shape index (κ3) is 8.35. The Morgan fingerprint density at radius 3 is 2.00 bits per heavy atom. The Balaban J connectivity index is 0.00000480. The summed E-state index contributed by atoms with van der Waals surface area (Å²) in [6, 6.07) is 27.7. The number of benzene rings is 3. The number of nitrogens with zero attached hydrogens (tertiary/aromatic N) is 2. The molecule has 4 N–H and O–H groups in total. The first kappa shape index (κ1) is 35.1. The molecule has 2 aliphatic rings. The van der Waals surface area contributed by atoms with Crippen molar-refractivity contribution < 1.29 is 14.4 Å². The van der Waals surface area contributed by atoms with E-state index in [9.17, 15) is 14.4 Å². The lowest BCUT2D eigenvalue weighted by molar-refractivity contribution is -0.144. The van der Waals surface area contributed by atoms with Gasteiger partial charge in [0.15, 0.2) is 0 Å². The van der Waals surface area contributed by atoms with Crippen LogP contribution >= 0.6 is 12.4 Å². The molecule has 0 aromatic heterocycles. The van der Waals surface area contributed by atoms with Gasteiger partial charge in [-0.2, -0.15) is 0 Å². The van der Waals surface area contributed by atoms with E-state index in [1.165, 1.54) is 5.56 Å². The molecule has 8 nitrogen and oxygen atoms in total. The van der Waals surface area contributed by atoms with Crippen LogP contribution in [0.2, 0.25) is 0 Å². The number of fused-ring (bicyclic) bond motifs is 1. The van der Waals surface area contributed by atoms with Crippen LogP contribution in [0.1, 0.15) is 68.7 Å². The minimum absolute atomic E-state index is 0. The van der Waals surface area contributed by atoms with E-state index < -0.39 is 18.1 Å². The molecule has 46 heavy (non-hydrogen) atoms. The minimum Gasteiger partial charge on any atom is -0.343 e. The van der Waals surface area contributed by atoms with Crippen LogP contribution in [-0.4, -0.2) is 64.8 Å². The average molecular weight is 646 g/mol. The summed E-state index contributed by atoms with van der Waals surface area (Å²) in [6.07, 6.45) is 3.39. The third-order valence-electron chi connectivity index (χ3n) is 9.48. The molecule has 0 spiro atoms. The van der Waals surface area contributed by atoms with Crippen molar-refractivity contribution in [3.63, 3.8) is 0 Å². The molecule has 3 aromatic rings. The molecule has 3 aromatic carbocycles. The molecule has 2 heterocycles. The molecule has 2 aliphatic heterocycles. The van der Waals surface area contributed by atoms with Gasteiger partial charge in [-0.15, -0.1) is 12.4 Å². The maximum atomic E-state index is 14.5. The number of halogens is 1. The van der Waals surface area contributed by atoms with Crippen molar-refractivity contribution in [2.24, 2.45) is 11.7 Å². The van der Waals surface area contributed by atoms with Crippen LogP contribution in [-0.2, 0) is 20.9 Å². The molecule has 0 unspecified atom stereocenters. The van der Waals surface area contributed by atoms with E-state index in [0.29, 0.717) is 19.4 Å². The zero-order valence-corrected chi connectivity index (χ0v) is 27.7.